The number of halogens is 5. The Morgan fingerprint density at radius 3 is 2.37 bits per heavy atom. The minimum Gasteiger partial charge on any atom is -0.503 e. The molecule has 0 aliphatic carbocycles. The Labute approximate surface area is 197 Å². The van der Waals surface area contributed by atoms with Crippen LogP contribution in [-0.4, -0.2) is 66.1 Å². The van der Waals surface area contributed by atoms with E-state index in [1.54, 1.807) is 12.1 Å². The van der Waals surface area contributed by atoms with Gasteiger partial charge in [0, 0.05) is 51.5 Å². The lowest BCUT2D eigenvalue weighted by Crippen LogP contribution is -2.36. The van der Waals surface area contributed by atoms with Gasteiger partial charge < -0.3 is 19.6 Å². The normalized spacial score (nSPS) is 15.0. The van der Waals surface area contributed by atoms with Gasteiger partial charge in [0.05, 0.1) is 11.1 Å². The van der Waals surface area contributed by atoms with Crippen molar-refractivity contribution in [2.24, 2.45) is 0 Å². The van der Waals surface area contributed by atoms with Crippen LogP contribution in [0.4, 0.5) is 27.6 Å². The maximum absolute atomic E-state index is 14.8. The van der Waals surface area contributed by atoms with Gasteiger partial charge in [0.25, 0.3) is 5.91 Å². The first-order chi connectivity index (χ1) is 16.4. The van der Waals surface area contributed by atoms with Gasteiger partial charge in [-0.25, -0.2) is 13.5 Å². The molecule has 1 aliphatic heterocycles. The minimum absolute atomic E-state index is 0.109. The summed E-state index contributed by atoms with van der Waals surface area (Å²) < 4.78 is 75.1. The number of alkyl halides is 3. The number of phenolic OH excluding ortho intramolecular Hbond substituents is 1. The first-order valence-corrected chi connectivity index (χ1v) is 10.7. The second-order valence-corrected chi connectivity index (χ2v) is 8.53. The van der Waals surface area contributed by atoms with Crippen LogP contribution in [0.2, 0.25) is 0 Å². The van der Waals surface area contributed by atoms with Gasteiger partial charge in [-0.3, -0.25) is 4.79 Å². The van der Waals surface area contributed by atoms with E-state index < -0.39 is 40.7 Å². The average Bonchev–Trinajstić information content (AvgIpc) is 3.20. The molecule has 3 aromatic rings. The smallest absolute Gasteiger partial charge is 0.419 e. The molecule has 1 aromatic heterocycles. The number of fused-ring (bicyclic) bond motifs is 1. The van der Waals surface area contributed by atoms with E-state index in [0.29, 0.717) is 13.2 Å². The van der Waals surface area contributed by atoms with Crippen LogP contribution in [0.5, 0.6) is 5.75 Å². The second-order valence-electron chi connectivity index (χ2n) is 8.53. The maximum Gasteiger partial charge on any atom is 0.419 e. The van der Waals surface area contributed by atoms with Gasteiger partial charge in [-0.05, 0) is 37.1 Å². The van der Waals surface area contributed by atoms with Gasteiger partial charge in [0.15, 0.2) is 23.1 Å². The van der Waals surface area contributed by atoms with Gasteiger partial charge in [0.2, 0.25) is 0 Å². The van der Waals surface area contributed by atoms with Crippen molar-refractivity contribution in [2.45, 2.75) is 25.1 Å². The van der Waals surface area contributed by atoms with Crippen LogP contribution in [0.15, 0.2) is 24.3 Å². The Morgan fingerprint density at radius 1 is 1.11 bits per heavy atom. The number of rotatable bonds is 4. The third-order valence-electron chi connectivity index (χ3n) is 6.11. The van der Waals surface area contributed by atoms with Crippen LogP contribution < -0.4 is 4.90 Å². The van der Waals surface area contributed by atoms with E-state index in [0.717, 1.165) is 23.2 Å². The SMILES string of the molecule is CN(C)C(=O)c1nn(-c2cc(C(F)(F)F)c(F)c(O)c2F)c2ccc(N(C)C3CCOCC3)cc12. The molecule has 0 saturated carbocycles. The van der Waals surface area contributed by atoms with Crippen molar-refractivity contribution in [2.75, 3.05) is 39.3 Å². The average molecular weight is 498 g/mol. The highest BCUT2D eigenvalue weighted by atomic mass is 19.4. The van der Waals surface area contributed by atoms with Gasteiger partial charge in [-0.15, -0.1) is 0 Å². The van der Waals surface area contributed by atoms with Crippen LogP contribution in [-0.2, 0) is 10.9 Å². The molecule has 1 amide bonds. The van der Waals surface area contributed by atoms with E-state index in [2.05, 4.69) is 5.10 Å². The van der Waals surface area contributed by atoms with E-state index in [4.69, 9.17) is 4.74 Å². The molecular weight excluding hydrogens is 475 g/mol. The van der Waals surface area contributed by atoms with Gasteiger partial charge in [-0.1, -0.05) is 0 Å². The number of carbonyl (C=O) groups is 1. The lowest BCUT2D eigenvalue weighted by molar-refractivity contribution is -0.140. The number of hydrogen-bond acceptors (Lipinski definition) is 5. The van der Waals surface area contributed by atoms with E-state index >= 15 is 0 Å². The van der Waals surface area contributed by atoms with E-state index in [1.807, 2.05) is 11.9 Å². The fourth-order valence-corrected chi connectivity index (χ4v) is 4.13. The predicted molar refractivity (Wildman–Crippen MR) is 118 cm³/mol. The number of anilines is 1. The lowest BCUT2D eigenvalue weighted by Gasteiger charge is -2.33. The predicted octanol–water partition coefficient (Wildman–Crippen LogP) is 4.35. The first kappa shape index (κ1) is 24.7. The Hall–Kier alpha value is -3.41. The highest BCUT2D eigenvalue weighted by Gasteiger charge is 2.38. The van der Waals surface area contributed by atoms with Crippen molar-refractivity contribution in [1.29, 1.82) is 0 Å². The topological polar surface area (TPSA) is 70.8 Å². The van der Waals surface area contributed by atoms with Crippen molar-refractivity contribution >= 4 is 22.5 Å². The number of amides is 1. The number of phenols is 1. The van der Waals surface area contributed by atoms with Gasteiger partial charge in [-0.2, -0.15) is 18.3 Å². The Morgan fingerprint density at radius 2 is 1.77 bits per heavy atom. The molecular formula is C23H23F5N4O3. The summed E-state index contributed by atoms with van der Waals surface area (Å²) in [4.78, 5) is 16.1. The summed E-state index contributed by atoms with van der Waals surface area (Å²) in [5.41, 5.74) is -2.01. The first-order valence-electron chi connectivity index (χ1n) is 10.7. The zero-order valence-electron chi connectivity index (χ0n) is 19.2. The Kier molecular flexibility index (Phi) is 6.34. The number of aromatic nitrogens is 2. The highest BCUT2D eigenvalue weighted by Crippen LogP contribution is 2.39. The van der Waals surface area contributed by atoms with Crippen LogP contribution >= 0.6 is 0 Å². The molecule has 0 unspecified atom stereocenters. The molecule has 7 nitrogen and oxygen atoms in total. The van der Waals surface area contributed by atoms with Crippen LogP contribution in [0, 0.1) is 11.6 Å². The maximum atomic E-state index is 14.8. The summed E-state index contributed by atoms with van der Waals surface area (Å²) in [7, 11) is 4.82. The van der Waals surface area contributed by atoms with E-state index in [9.17, 15) is 31.9 Å². The van der Waals surface area contributed by atoms with Crippen LogP contribution in [0.1, 0.15) is 28.9 Å². The molecule has 1 fully saturated rings. The van der Waals surface area contributed by atoms with Crippen LogP contribution in [0.25, 0.3) is 16.6 Å². The summed E-state index contributed by atoms with van der Waals surface area (Å²) in [6.45, 7) is 1.21. The van der Waals surface area contributed by atoms with Crippen molar-refractivity contribution in [3.8, 4) is 11.4 Å². The third-order valence-corrected chi connectivity index (χ3v) is 6.11. The van der Waals surface area contributed by atoms with Gasteiger partial charge in [0.1, 0.15) is 5.69 Å². The largest absolute Gasteiger partial charge is 0.503 e. The molecule has 1 saturated heterocycles. The molecule has 1 N–H and O–H groups in total. The fourth-order valence-electron chi connectivity index (χ4n) is 4.13. The number of aromatic hydroxyl groups is 1. The second kappa shape index (κ2) is 8.99. The summed E-state index contributed by atoms with van der Waals surface area (Å²) in [6.07, 6.45) is -3.62. The van der Waals surface area contributed by atoms with Crippen molar-refractivity contribution in [3.63, 3.8) is 0 Å². The fraction of sp³-hybridized carbons (Fsp3) is 0.391. The number of ether oxygens (including phenoxy) is 1. The summed E-state index contributed by atoms with van der Waals surface area (Å²) in [5, 5.41) is 14.1. The van der Waals surface area contributed by atoms with Crippen molar-refractivity contribution < 1.29 is 36.6 Å². The number of benzene rings is 2. The Balaban J connectivity index is 1.93. The summed E-state index contributed by atoms with van der Waals surface area (Å²) in [5.74, 6) is -6.11. The zero-order chi connectivity index (χ0) is 25.7. The molecule has 1 aliphatic rings. The monoisotopic (exact) mass is 498 g/mol. The zero-order valence-corrected chi connectivity index (χ0v) is 19.2. The number of nitrogens with zero attached hydrogens (tertiary/aromatic N) is 4. The van der Waals surface area contributed by atoms with Crippen molar-refractivity contribution in [1.82, 2.24) is 14.7 Å². The summed E-state index contributed by atoms with van der Waals surface area (Å²) in [6, 6.07) is 5.21. The molecule has 35 heavy (non-hydrogen) atoms. The summed E-state index contributed by atoms with van der Waals surface area (Å²) >= 11 is 0. The molecule has 0 spiro atoms. The Bertz CT molecular complexity index is 1280. The molecule has 188 valence electrons. The molecule has 2 aromatic carbocycles. The quantitative estimate of drug-likeness (QED) is 0.542. The van der Waals surface area contributed by atoms with Crippen molar-refractivity contribution in [3.05, 3.63) is 47.2 Å². The molecule has 0 bridgehead atoms. The van der Waals surface area contributed by atoms with E-state index in [-0.39, 0.29) is 28.7 Å². The molecule has 12 heteroatoms. The molecule has 2 heterocycles. The van der Waals surface area contributed by atoms with E-state index in [1.165, 1.54) is 25.1 Å². The molecule has 4 rings (SSSR count). The lowest BCUT2D eigenvalue weighted by atomic mass is 10.1. The molecule has 0 atom stereocenters. The standard InChI is InChI=1S/C23H23F5N4O3/c1-30(2)22(34)20-14-10-13(31(3)12-6-8-35-9-7-12)4-5-16(14)32(29-20)17-11-15(23(26,27)28)18(24)21(33)19(17)25/h4-5,10-12,33H,6-9H2,1-3H3. The van der Waals surface area contributed by atoms with Crippen LogP contribution in [0.3, 0.4) is 0 Å². The minimum atomic E-state index is -5.20. The third kappa shape index (κ3) is 4.38. The highest BCUT2D eigenvalue weighted by molar-refractivity contribution is 6.06. The number of hydrogen-bond donors (Lipinski definition) is 1. The number of carbonyl (C=O) groups excluding carboxylic acids is 1. The van der Waals surface area contributed by atoms with Gasteiger partial charge >= 0.3 is 6.18 Å². The molecule has 0 radical (unpaired) electrons.